The summed E-state index contributed by atoms with van der Waals surface area (Å²) in [4.78, 5) is 22.2. The monoisotopic (exact) mass is 372 g/mol. The zero-order chi connectivity index (χ0) is 13.5. The van der Waals surface area contributed by atoms with Crippen LogP contribution < -0.4 is 0 Å². The summed E-state index contributed by atoms with van der Waals surface area (Å²) >= 11 is 6.72. The number of carbonyl (C=O) groups is 2. The Morgan fingerprint density at radius 1 is 1.12 bits per heavy atom. The van der Waals surface area contributed by atoms with Crippen molar-refractivity contribution in [2.45, 2.75) is 20.8 Å². The zero-order valence-electron chi connectivity index (χ0n) is 10.3. The van der Waals surface area contributed by atoms with Crippen molar-refractivity contribution in [3.8, 4) is 0 Å². The van der Waals surface area contributed by atoms with Gasteiger partial charge in [-0.1, -0.05) is 45.7 Å². The van der Waals surface area contributed by atoms with Crippen molar-refractivity contribution in [1.29, 1.82) is 0 Å². The quantitative estimate of drug-likeness (QED) is 0.508. The SMILES string of the molecule is CC(=O)OCC(CBr)(CBr)COC(=O)C(C)C. The molecule has 100 valence electrons. The Morgan fingerprint density at radius 2 is 1.59 bits per heavy atom. The summed E-state index contributed by atoms with van der Waals surface area (Å²) in [5, 5.41) is 1.15. The average molecular weight is 374 g/mol. The molecule has 0 aliphatic rings. The maximum absolute atomic E-state index is 11.4. The first-order chi connectivity index (χ1) is 7.87. The van der Waals surface area contributed by atoms with Gasteiger partial charge in [-0.15, -0.1) is 0 Å². The number of carbonyl (C=O) groups excluding carboxylic acids is 2. The lowest BCUT2D eigenvalue weighted by molar-refractivity contribution is -0.153. The molecule has 0 fully saturated rings. The van der Waals surface area contributed by atoms with Crippen molar-refractivity contribution < 1.29 is 19.1 Å². The van der Waals surface area contributed by atoms with E-state index in [0.29, 0.717) is 10.7 Å². The highest BCUT2D eigenvalue weighted by atomic mass is 79.9. The molecular weight excluding hydrogens is 356 g/mol. The number of alkyl halides is 2. The second kappa shape index (κ2) is 8.08. The van der Waals surface area contributed by atoms with Gasteiger partial charge in [0.25, 0.3) is 0 Å². The maximum atomic E-state index is 11.4. The summed E-state index contributed by atoms with van der Waals surface area (Å²) in [6, 6.07) is 0. The number of hydrogen-bond acceptors (Lipinski definition) is 4. The van der Waals surface area contributed by atoms with Gasteiger partial charge < -0.3 is 9.47 Å². The van der Waals surface area contributed by atoms with Gasteiger partial charge in [-0.2, -0.15) is 0 Å². The molecule has 0 amide bonds. The summed E-state index contributed by atoms with van der Waals surface area (Å²) < 4.78 is 10.2. The van der Waals surface area contributed by atoms with E-state index in [1.807, 2.05) is 0 Å². The third-order valence-electron chi connectivity index (χ3n) is 2.14. The van der Waals surface area contributed by atoms with Crippen molar-refractivity contribution in [2.75, 3.05) is 23.9 Å². The van der Waals surface area contributed by atoms with Crippen LogP contribution in [0.1, 0.15) is 20.8 Å². The van der Waals surface area contributed by atoms with Crippen molar-refractivity contribution in [2.24, 2.45) is 11.3 Å². The van der Waals surface area contributed by atoms with Gasteiger partial charge in [0.2, 0.25) is 0 Å². The lowest BCUT2D eigenvalue weighted by atomic mass is 9.96. The van der Waals surface area contributed by atoms with Crippen LogP contribution in [0.15, 0.2) is 0 Å². The maximum Gasteiger partial charge on any atom is 0.308 e. The molecule has 0 aliphatic heterocycles. The van der Waals surface area contributed by atoms with E-state index in [1.165, 1.54) is 6.92 Å². The van der Waals surface area contributed by atoms with Gasteiger partial charge in [0.05, 0.1) is 11.3 Å². The first-order valence-electron chi connectivity index (χ1n) is 5.29. The van der Waals surface area contributed by atoms with Crippen molar-refractivity contribution in [1.82, 2.24) is 0 Å². The Kier molecular flexibility index (Phi) is 8.03. The fourth-order valence-electron chi connectivity index (χ4n) is 0.877. The Bertz CT molecular complexity index is 262. The molecule has 17 heavy (non-hydrogen) atoms. The fraction of sp³-hybridized carbons (Fsp3) is 0.818. The molecule has 0 radical (unpaired) electrons. The van der Waals surface area contributed by atoms with Crippen LogP contribution in [0.3, 0.4) is 0 Å². The number of rotatable bonds is 7. The van der Waals surface area contributed by atoms with E-state index >= 15 is 0 Å². The standard InChI is InChI=1S/C11H18Br2O4/c1-8(2)10(15)17-7-11(4-12,5-13)6-16-9(3)14/h8H,4-7H2,1-3H3. The minimum Gasteiger partial charge on any atom is -0.465 e. The highest BCUT2D eigenvalue weighted by Gasteiger charge is 2.31. The molecule has 0 saturated carbocycles. The van der Waals surface area contributed by atoms with Crippen molar-refractivity contribution in [3.05, 3.63) is 0 Å². The molecule has 0 N–H and O–H groups in total. The van der Waals surface area contributed by atoms with Crippen LogP contribution in [0.4, 0.5) is 0 Å². The number of ether oxygens (including phenoxy) is 2. The van der Waals surface area contributed by atoms with E-state index in [-0.39, 0.29) is 31.1 Å². The number of hydrogen-bond donors (Lipinski definition) is 0. The van der Waals surface area contributed by atoms with Crippen molar-refractivity contribution in [3.63, 3.8) is 0 Å². The number of esters is 2. The van der Waals surface area contributed by atoms with Gasteiger partial charge in [-0.05, 0) is 0 Å². The number of halogens is 2. The highest BCUT2D eigenvalue weighted by molar-refractivity contribution is 9.09. The van der Waals surface area contributed by atoms with E-state index < -0.39 is 5.41 Å². The van der Waals surface area contributed by atoms with E-state index in [4.69, 9.17) is 9.47 Å². The van der Waals surface area contributed by atoms with Crippen LogP contribution in [0.25, 0.3) is 0 Å². The molecule has 0 unspecified atom stereocenters. The highest BCUT2D eigenvalue weighted by Crippen LogP contribution is 2.25. The predicted octanol–water partition coefficient (Wildman–Crippen LogP) is 2.52. The molecular formula is C11H18Br2O4. The van der Waals surface area contributed by atoms with Crippen molar-refractivity contribution >= 4 is 43.8 Å². The van der Waals surface area contributed by atoms with Gasteiger partial charge in [-0.3, -0.25) is 9.59 Å². The van der Waals surface area contributed by atoms with E-state index in [0.717, 1.165) is 0 Å². The lowest BCUT2D eigenvalue weighted by Crippen LogP contribution is -2.38. The van der Waals surface area contributed by atoms with Gasteiger partial charge in [0.1, 0.15) is 13.2 Å². The first-order valence-corrected chi connectivity index (χ1v) is 7.53. The minimum absolute atomic E-state index is 0.160. The fourth-order valence-corrected chi connectivity index (χ4v) is 2.45. The molecule has 0 atom stereocenters. The predicted molar refractivity (Wildman–Crippen MR) is 72.5 cm³/mol. The van der Waals surface area contributed by atoms with Crippen LogP contribution in [-0.4, -0.2) is 35.8 Å². The summed E-state index contributed by atoms with van der Waals surface area (Å²) in [5.74, 6) is -0.752. The van der Waals surface area contributed by atoms with Gasteiger partial charge in [-0.25, -0.2) is 0 Å². The molecule has 0 aromatic carbocycles. The van der Waals surface area contributed by atoms with Crippen LogP contribution in [0, 0.1) is 11.3 Å². The van der Waals surface area contributed by atoms with Gasteiger partial charge >= 0.3 is 11.9 Å². The second-order valence-corrected chi connectivity index (χ2v) is 5.43. The Hall–Kier alpha value is -0.100. The van der Waals surface area contributed by atoms with Crippen LogP contribution in [0.5, 0.6) is 0 Å². The zero-order valence-corrected chi connectivity index (χ0v) is 13.5. The summed E-state index contributed by atoms with van der Waals surface area (Å²) in [6.45, 7) is 5.34. The molecule has 0 aliphatic carbocycles. The normalized spacial score (nSPS) is 11.4. The molecule has 0 spiro atoms. The summed E-state index contributed by atoms with van der Waals surface area (Å²) in [6.07, 6.45) is 0. The summed E-state index contributed by atoms with van der Waals surface area (Å²) in [7, 11) is 0. The molecule has 0 bridgehead atoms. The van der Waals surface area contributed by atoms with Crippen LogP contribution >= 0.6 is 31.9 Å². The molecule has 0 heterocycles. The Labute approximate surface area is 119 Å². The topological polar surface area (TPSA) is 52.6 Å². The molecule has 0 aromatic rings. The molecule has 0 aromatic heterocycles. The van der Waals surface area contributed by atoms with E-state index in [2.05, 4.69) is 31.9 Å². The molecule has 4 nitrogen and oxygen atoms in total. The van der Waals surface area contributed by atoms with Gasteiger partial charge in [0, 0.05) is 17.6 Å². The van der Waals surface area contributed by atoms with Crippen LogP contribution in [-0.2, 0) is 19.1 Å². The van der Waals surface area contributed by atoms with E-state index in [1.54, 1.807) is 13.8 Å². The Morgan fingerprint density at radius 3 is 1.94 bits per heavy atom. The van der Waals surface area contributed by atoms with Gasteiger partial charge in [0.15, 0.2) is 0 Å². The molecule has 0 saturated heterocycles. The smallest absolute Gasteiger partial charge is 0.308 e. The largest absolute Gasteiger partial charge is 0.465 e. The van der Waals surface area contributed by atoms with E-state index in [9.17, 15) is 9.59 Å². The van der Waals surface area contributed by atoms with Crippen LogP contribution in [0.2, 0.25) is 0 Å². The third kappa shape index (κ3) is 6.41. The summed E-state index contributed by atoms with van der Waals surface area (Å²) in [5.41, 5.74) is -0.420. The minimum atomic E-state index is -0.420. The second-order valence-electron chi connectivity index (χ2n) is 4.31. The first kappa shape index (κ1) is 16.9. The third-order valence-corrected chi connectivity index (χ3v) is 4.52. The Balaban J connectivity index is 4.39. The lowest BCUT2D eigenvalue weighted by Gasteiger charge is -2.28. The average Bonchev–Trinajstić information content (AvgIpc) is 2.29. The molecule has 0 rings (SSSR count). The molecule has 6 heteroatoms.